The summed E-state index contributed by atoms with van der Waals surface area (Å²) >= 11 is 0. The Morgan fingerprint density at radius 1 is 1.12 bits per heavy atom. The number of aromatic amines is 1. The van der Waals surface area contributed by atoms with Crippen LogP contribution in [0.2, 0.25) is 0 Å². The maximum absolute atomic E-state index is 13.1. The van der Waals surface area contributed by atoms with Crippen molar-refractivity contribution in [3.63, 3.8) is 0 Å². The molecule has 0 unspecified atom stereocenters. The highest BCUT2D eigenvalue weighted by atomic mass is 19.1. The minimum Gasteiger partial charge on any atom is -0.338 e. The van der Waals surface area contributed by atoms with E-state index in [1.165, 1.54) is 12.1 Å². The maximum atomic E-state index is 13.1. The zero-order chi connectivity index (χ0) is 22.3. The van der Waals surface area contributed by atoms with E-state index in [2.05, 4.69) is 20.6 Å². The number of halogens is 1. The fourth-order valence-corrected chi connectivity index (χ4v) is 4.47. The number of imidazole rings is 1. The van der Waals surface area contributed by atoms with Gasteiger partial charge in [0, 0.05) is 24.2 Å². The van der Waals surface area contributed by atoms with E-state index in [4.69, 9.17) is 0 Å². The van der Waals surface area contributed by atoms with E-state index in [1.807, 2.05) is 0 Å². The first kappa shape index (κ1) is 20.2. The van der Waals surface area contributed by atoms with E-state index in [0.717, 1.165) is 28.8 Å². The van der Waals surface area contributed by atoms with Crippen LogP contribution in [-0.4, -0.2) is 44.8 Å². The van der Waals surface area contributed by atoms with Gasteiger partial charge in [-0.3, -0.25) is 14.5 Å². The fourth-order valence-electron chi connectivity index (χ4n) is 4.47. The average Bonchev–Trinajstić information content (AvgIpc) is 3.46. The molecule has 1 aliphatic heterocycles. The lowest BCUT2D eigenvalue weighted by atomic mass is 9.98. The van der Waals surface area contributed by atoms with Crippen LogP contribution in [-0.2, 0) is 9.59 Å². The highest BCUT2D eigenvalue weighted by Crippen LogP contribution is 2.35. The lowest BCUT2D eigenvalue weighted by Crippen LogP contribution is -2.44. The van der Waals surface area contributed by atoms with Crippen molar-refractivity contribution in [1.29, 1.82) is 0 Å². The molecule has 1 saturated carbocycles. The standard InChI is InChI=1S/C23H22FN5O3/c24-15-5-3-14(4-6-15)20-26-17-8-7-16(13-18(17)27-20)25-19(30)9-12-29-21(31)23(28-22(29)32)10-1-2-11-23/h3-8,13H,1-2,9-12H2,(H,25,30)(H,26,27)(H,28,32). The molecule has 1 saturated heterocycles. The molecule has 1 aromatic heterocycles. The van der Waals surface area contributed by atoms with E-state index in [-0.39, 0.29) is 30.6 Å². The minimum atomic E-state index is -0.762. The Hall–Kier alpha value is -3.75. The van der Waals surface area contributed by atoms with Crippen molar-refractivity contribution in [2.24, 2.45) is 0 Å². The van der Waals surface area contributed by atoms with E-state index in [1.54, 1.807) is 30.3 Å². The molecule has 2 aliphatic rings. The lowest BCUT2D eigenvalue weighted by Gasteiger charge is -2.19. The van der Waals surface area contributed by atoms with Crippen molar-refractivity contribution >= 4 is 34.6 Å². The second-order valence-electron chi connectivity index (χ2n) is 8.30. The molecule has 0 atom stereocenters. The molecule has 9 heteroatoms. The lowest BCUT2D eigenvalue weighted by molar-refractivity contribution is -0.131. The Balaban J connectivity index is 1.23. The highest BCUT2D eigenvalue weighted by Gasteiger charge is 2.52. The van der Waals surface area contributed by atoms with Crippen molar-refractivity contribution in [2.45, 2.75) is 37.6 Å². The number of rotatable bonds is 5. The zero-order valence-corrected chi connectivity index (χ0v) is 17.3. The molecule has 0 bridgehead atoms. The van der Waals surface area contributed by atoms with E-state index < -0.39 is 11.6 Å². The Labute approximate surface area is 183 Å². The largest absolute Gasteiger partial charge is 0.338 e. The van der Waals surface area contributed by atoms with Gasteiger partial charge in [0.25, 0.3) is 5.91 Å². The SMILES string of the molecule is O=C(CCN1C(=O)NC2(CCCC2)C1=O)Nc1ccc2nc(-c3ccc(F)cc3)[nH]c2c1. The summed E-state index contributed by atoms with van der Waals surface area (Å²) in [4.78, 5) is 46.2. The molecule has 164 valence electrons. The van der Waals surface area contributed by atoms with Gasteiger partial charge in [-0.15, -0.1) is 0 Å². The van der Waals surface area contributed by atoms with Crippen LogP contribution in [0.3, 0.4) is 0 Å². The van der Waals surface area contributed by atoms with E-state index in [9.17, 15) is 18.8 Å². The number of carbonyl (C=O) groups excluding carboxylic acids is 3. The normalized spacial score (nSPS) is 17.3. The number of fused-ring (bicyclic) bond motifs is 1. The predicted molar refractivity (Wildman–Crippen MR) is 116 cm³/mol. The van der Waals surface area contributed by atoms with Gasteiger partial charge in [0.1, 0.15) is 17.2 Å². The molecule has 3 aromatic rings. The number of nitrogens with zero attached hydrogens (tertiary/aromatic N) is 2. The molecule has 8 nitrogen and oxygen atoms in total. The van der Waals surface area contributed by atoms with Crippen molar-refractivity contribution in [1.82, 2.24) is 20.2 Å². The molecule has 1 aliphatic carbocycles. The quantitative estimate of drug-likeness (QED) is 0.533. The summed E-state index contributed by atoms with van der Waals surface area (Å²) < 4.78 is 13.1. The Morgan fingerprint density at radius 2 is 1.88 bits per heavy atom. The maximum Gasteiger partial charge on any atom is 0.325 e. The first-order valence-electron chi connectivity index (χ1n) is 10.6. The molecule has 2 aromatic carbocycles. The van der Waals surface area contributed by atoms with Gasteiger partial charge in [-0.1, -0.05) is 12.8 Å². The Morgan fingerprint density at radius 3 is 2.62 bits per heavy atom. The van der Waals surface area contributed by atoms with Crippen LogP contribution >= 0.6 is 0 Å². The van der Waals surface area contributed by atoms with Gasteiger partial charge < -0.3 is 15.6 Å². The van der Waals surface area contributed by atoms with Crippen LogP contribution in [0.5, 0.6) is 0 Å². The average molecular weight is 435 g/mol. The Bertz CT molecular complexity index is 1210. The van der Waals surface area contributed by atoms with E-state index >= 15 is 0 Å². The summed E-state index contributed by atoms with van der Waals surface area (Å²) in [7, 11) is 0. The van der Waals surface area contributed by atoms with Crippen molar-refractivity contribution in [3.05, 3.63) is 48.3 Å². The second kappa shape index (κ2) is 7.74. The molecule has 5 rings (SSSR count). The zero-order valence-electron chi connectivity index (χ0n) is 17.3. The number of urea groups is 1. The number of aromatic nitrogens is 2. The molecule has 0 radical (unpaired) electrons. The van der Waals surface area contributed by atoms with Crippen molar-refractivity contribution in [3.8, 4) is 11.4 Å². The topological polar surface area (TPSA) is 107 Å². The van der Waals surface area contributed by atoms with Gasteiger partial charge in [-0.25, -0.2) is 14.2 Å². The monoisotopic (exact) mass is 435 g/mol. The van der Waals surface area contributed by atoms with Crippen molar-refractivity contribution in [2.75, 3.05) is 11.9 Å². The van der Waals surface area contributed by atoms with Gasteiger partial charge in [0.2, 0.25) is 5.91 Å². The van der Waals surface area contributed by atoms with Crippen LogP contribution in [0.15, 0.2) is 42.5 Å². The van der Waals surface area contributed by atoms with Gasteiger partial charge in [-0.2, -0.15) is 0 Å². The molecule has 32 heavy (non-hydrogen) atoms. The summed E-state index contributed by atoms with van der Waals surface area (Å²) in [5.74, 6) is -0.236. The second-order valence-corrected chi connectivity index (χ2v) is 8.30. The third kappa shape index (κ3) is 3.59. The number of imide groups is 1. The smallest absolute Gasteiger partial charge is 0.325 e. The van der Waals surface area contributed by atoms with Crippen LogP contribution < -0.4 is 10.6 Å². The summed E-state index contributed by atoms with van der Waals surface area (Å²) in [5, 5.41) is 5.61. The third-order valence-corrected chi connectivity index (χ3v) is 6.15. The number of anilines is 1. The summed E-state index contributed by atoms with van der Waals surface area (Å²) in [6.07, 6.45) is 3.16. The molecular formula is C23H22FN5O3. The van der Waals surface area contributed by atoms with Gasteiger partial charge >= 0.3 is 6.03 Å². The highest BCUT2D eigenvalue weighted by molar-refractivity contribution is 6.07. The minimum absolute atomic E-state index is 0.0110. The molecule has 2 heterocycles. The Kier molecular flexibility index (Phi) is 4.88. The van der Waals surface area contributed by atoms with Crippen LogP contribution in [0, 0.1) is 5.82 Å². The van der Waals surface area contributed by atoms with Crippen LogP contribution in [0.1, 0.15) is 32.1 Å². The van der Waals surface area contributed by atoms with Gasteiger partial charge in [0.15, 0.2) is 0 Å². The van der Waals surface area contributed by atoms with Gasteiger partial charge in [0.05, 0.1) is 11.0 Å². The summed E-state index contributed by atoms with van der Waals surface area (Å²) in [6, 6.07) is 10.9. The first-order valence-corrected chi connectivity index (χ1v) is 10.6. The number of carbonyl (C=O) groups is 3. The number of nitrogens with one attached hydrogen (secondary N) is 3. The first-order chi connectivity index (χ1) is 15.4. The van der Waals surface area contributed by atoms with Crippen LogP contribution in [0.4, 0.5) is 14.9 Å². The summed E-state index contributed by atoms with van der Waals surface area (Å²) in [5.41, 5.74) is 1.99. The molecular weight excluding hydrogens is 413 g/mol. The molecule has 1 spiro atoms. The van der Waals surface area contributed by atoms with Crippen LogP contribution in [0.25, 0.3) is 22.4 Å². The molecule has 4 amide bonds. The number of hydrogen-bond acceptors (Lipinski definition) is 4. The number of hydrogen-bond donors (Lipinski definition) is 3. The summed E-state index contributed by atoms with van der Waals surface area (Å²) in [6.45, 7) is 0.0409. The number of benzene rings is 2. The van der Waals surface area contributed by atoms with E-state index in [0.29, 0.717) is 29.9 Å². The fraction of sp³-hybridized carbons (Fsp3) is 0.304. The number of H-pyrrole nitrogens is 1. The predicted octanol–water partition coefficient (Wildman–Crippen LogP) is 3.56. The number of amides is 4. The third-order valence-electron chi connectivity index (χ3n) is 6.15. The van der Waals surface area contributed by atoms with Gasteiger partial charge in [-0.05, 0) is 55.3 Å². The molecule has 3 N–H and O–H groups in total. The van der Waals surface area contributed by atoms with Crippen molar-refractivity contribution < 1.29 is 18.8 Å². The molecule has 2 fully saturated rings.